The summed E-state index contributed by atoms with van der Waals surface area (Å²) in [5.74, 6) is 0.457. The van der Waals surface area contributed by atoms with Gasteiger partial charge in [0.2, 0.25) is 0 Å². The zero-order valence-electron chi connectivity index (χ0n) is 11.8. The van der Waals surface area contributed by atoms with Crippen LogP contribution in [-0.2, 0) is 0 Å². The van der Waals surface area contributed by atoms with E-state index in [-0.39, 0.29) is 11.7 Å². The van der Waals surface area contributed by atoms with Crippen molar-refractivity contribution < 1.29 is 14.3 Å². The van der Waals surface area contributed by atoms with Crippen molar-refractivity contribution in [3.05, 3.63) is 23.8 Å². The SMILES string of the molecule is COc1ccc(OC)c(C(=O)C(C#N)CC(C)C)c1. The third-order valence-corrected chi connectivity index (χ3v) is 2.85. The molecule has 0 saturated heterocycles. The van der Waals surface area contributed by atoms with E-state index >= 15 is 0 Å². The molecule has 0 aliphatic rings. The Morgan fingerprint density at radius 3 is 2.47 bits per heavy atom. The summed E-state index contributed by atoms with van der Waals surface area (Å²) in [4.78, 5) is 12.4. The molecule has 1 aromatic carbocycles. The average molecular weight is 261 g/mol. The van der Waals surface area contributed by atoms with Crippen molar-refractivity contribution in [1.29, 1.82) is 5.26 Å². The molecule has 0 fully saturated rings. The van der Waals surface area contributed by atoms with Gasteiger partial charge in [0.15, 0.2) is 5.78 Å². The summed E-state index contributed by atoms with van der Waals surface area (Å²) >= 11 is 0. The van der Waals surface area contributed by atoms with E-state index in [1.54, 1.807) is 18.2 Å². The van der Waals surface area contributed by atoms with Gasteiger partial charge >= 0.3 is 0 Å². The molecule has 1 aromatic rings. The van der Waals surface area contributed by atoms with E-state index in [1.807, 2.05) is 13.8 Å². The van der Waals surface area contributed by atoms with Gasteiger partial charge in [-0.3, -0.25) is 4.79 Å². The lowest BCUT2D eigenvalue weighted by Gasteiger charge is -2.14. The number of hydrogen-bond donors (Lipinski definition) is 0. The van der Waals surface area contributed by atoms with Gasteiger partial charge in [-0.15, -0.1) is 0 Å². The molecule has 1 rings (SSSR count). The van der Waals surface area contributed by atoms with Gasteiger partial charge in [-0.1, -0.05) is 13.8 Å². The van der Waals surface area contributed by atoms with Crippen LogP contribution < -0.4 is 9.47 Å². The molecule has 0 radical (unpaired) electrons. The molecule has 0 amide bonds. The molecule has 0 aliphatic carbocycles. The van der Waals surface area contributed by atoms with Crippen molar-refractivity contribution >= 4 is 5.78 Å². The molecule has 1 atom stereocenters. The predicted octanol–water partition coefficient (Wildman–Crippen LogP) is 3.07. The van der Waals surface area contributed by atoms with Crippen LogP contribution in [0.4, 0.5) is 0 Å². The molecule has 4 nitrogen and oxygen atoms in total. The number of Topliss-reactive ketones (excluding diaryl/α,β-unsaturated/α-hetero) is 1. The predicted molar refractivity (Wildman–Crippen MR) is 72.4 cm³/mol. The molecule has 0 spiro atoms. The maximum atomic E-state index is 12.4. The maximum Gasteiger partial charge on any atom is 0.183 e. The van der Waals surface area contributed by atoms with Crippen molar-refractivity contribution in [1.82, 2.24) is 0 Å². The molecular formula is C15H19NO3. The maximum absolute atomic E-state index is 12.4. The Balaban J connectivity index is 3.12. The van der Waals surface area contributed by atoms with Crippen LogP contribution in [0, 0.1) is 23.2 Å². The third kappa shape index (κ3) is 3.72. The Labute approximate surface area is 113 Å². The number of carbonyl (C=O) groups is 1. The van der Waals surface area contributed by atoms with Gasteiger partial charge in [0.05, 0.1) is 25.9 Å². The van der Waals surface area contributed by atoms with Crippen molar-refractivity contribution in [2.45, 2.75) is 20.3 Å². The van der Waals surface area contributed by atoms with Crippen LogP contribution in [0.3, 0.4) is 0 Å². The lowest BCUT2D eigenvalue weighted by Crippen LogP contribution is -2.16. The van der Waals surface area contributed by atoms with Crippen LogP contribution in [0.2, 0.25) is 0 Å². The standard InChI is InChI=1S/C15H19NO3/c1-10(2)7-11(9-16)15(17)13-8-12(18-3)5-6-14(13)19-4/h5-6,8,10-11H,7H2,1-4H3. The number of ether oxygens (including phenoxy) is 2. The fourth-order valence-corrected chi connectivity index (χ4v) is 1.88. The number of hydrogen-bond acceptors (Lipinski definition) is 4. The van der Waals surface area contributed by atoms with Crippen LogP contribution in [0.1, 0.15) is 30.6 Å². The number of nitrogens with zero attached hydrogens (tertiary/aromatic N) is 1. The number of nitriles is 1. The third-order valence-electron chi connectivity index (χ3n) is 2.85. The van der Waals surface area contributed by atoms with E-state index in [0.29, 0.717) is 23.5 Å². The van der Waals surface area contributed by atoms with E-state index in [2.05, 4.69) is 6.07 Å². The smallest absolute Gasteiger partial charge is 0.183 e. The minimum absolute atomic E-state index is 0.216. The first-order valence-corrected chi connectivity index (χ1v) is 6.19. The fraction of sp³-hybridized carbons (Fsp3) is 0.467. The summed E-state index contributed by atoms with van der Waals surface area (Å²) < 4.78 is 10.3. The highest BCUT2D eigenvalue weighted by Crippen LogP contribution is 2.28. The normalized spacial score (nSPS) is 11.8. The van der Waals surface area contributed by atoms with Gasteiger partial charge in [0, 0.05) is 0 Å². The van der Waals surface area contributed by atoms with Gasteiger partial charge in [0.1, 0.15) is 17.4 Å². The van der Waals surface area contributed by atoms with E-state index in [4.69, 9.17) is 14.7 Å². The largest absolute Gasteiger partial charge is 0.497 e. The van der Waals surface area contributed by atoms with Crippen molar-refractivity contribution in [2.75, 3.05) is 14.2 Å². The summed E-state index contributed by atoms with van der Waals surface area (Å²) in [6.07, 6.45) is 0.537. The Morgan fingerprint density at radius 2 is 2.00 bits per heavy atom. The van der Waals surface area contributed by atoms with Crippen LogP contribution in [0.5, 0.6) is 11.5 Å². The lowest BCUT2D eigenvalue weighted by molar-refractivity contribution is 0.0933. The Bertz CT molecular complexity index is 489. The molecular weight excluding hydrogens is 242 g/mol. The minimum Gasteiger partial charge on any atom is -0.497 e. The Morgan fingerprint density at radius 1 is 1.32 bits per heavy atom. The number of methoxy groups -OCH3 is 2. The summed E-state index contributed by atoms with van der Waals surface area (Å²) in [6, 6.07) is 7.09. The van der Waals surface area contributed by atoms with Gasteiger partial charge in [0.25, 0.3) is 0 Å². The number of carbonyl (C=O) groups excluding carboxylic acids is 1. The van der Waals surface area contributed by atoms with Crippen molar-refractivity contribution in [3.8, 4) is 17.6 Å². The van der Waals surface area contributed by atoms with Gasteiger partial charge in [-0.2, -0.15) is 5.26 Å². The molecule has 102 valence electrons. The molecule has 0 aromatic heterocycles. The average Bonchev–Trinajstić information content (AvgIpc) is 2.42. The number of benzene rings is 1. The zero-order chi connectivity index (χ0) is 14.4. The molecule has 19 heavy (non-hydrogen) atoms. The van der Waals surface area contributed by atoms with E-state index in [1.165, 1.54) is 14.2 Å². The fourth-order valence-electron chi connectivity index (χ4n) is 1.88. The lowest BCUT2D eigenvalue weighted by atomic mass is 9.90. The highest BCUT2D eigenvalue weighted by molar-refractivity contribution is 6.02. The van der Waals surface area contributed by atoms with E-state index in [9.17, 15) is 4.79 Å². The Kier molecular flexibility index (Phi) is 5.37. The molecule has 1 unspecified atom stereocenters. The summed E-state index contributed by atoms with van der Waals surface area (Å²) in [5, 5.41) is 9.15. The molecule has 0 saturated carbocycles. The van der Waals surface area contributed by atoms with E-state index in [0.717, 1.165) is 0 Å². The van der Waals surface area contributed by atoms with Crippen LogP contribution in [0.15, 0.2) is 18.2 Å². The van der Waals surface area contributed by atoms with Crippen molar-refractivity contribution in [2.24, 2.45) is 11.8 Å². The van der Waals surface area contributed by atoms with Crippen LogP contribution in [-0.4, -0.2) is 20.0 Å². The second-order valence-electron chi connectivity index (χ2n) is 4.74. The van der Waals surface area contributed by atoms with Crippen LogP contribution in [0.25, 0.3) is 0 Å². The topological polar surface area (TPSA) is 59.3 Å². The minimum atomic E-state index is -0.652. The number of ketones is 1. The second-order valence-corrected chi connectivity index (χ2v) is 4.74. The molecule has 0 aliphatic heterocycles. The second kappa shape index (κ2) is 6.79. The quantitative estimate of drug-likeness (QED) is 0.738. The molecule has 0 N–H and O–H groups in total. The van der Waals surface area contributed by atoms with Crippen molar-refractivity contribution in [3.63, 3.8) is 0 Å². The zero-order valence-corrected chi connectivity index (χ0v) is 11.8. The molecule has 0 bridgehead atoms. The first-order valence-electron chi connectivity index (χ1n) is 6.19. The summed E-state index contributed by atoms with van der Waals surface area (Å²) in [6.45, 7) is 3.97. The monoisotopic (exact) mass is 261 g/mol. The first-order chi connectivity index (χ1) is 9.03. The summed E-state index contributed by atoms with van der Waals surface area (Å²) in [5.41, 5.74) is 0.397. The Hall–Kier alpha value is -2.02. The highest BCUT2D eigenvalue weighted by Gasteiger charge is 2.24. The summed E-state index contributed by atoms with van der Waals surface area (Å²) in [7, 11) is 3.04. The molecule has 4 heteroatoms. The van der Waals surface area contributed by atoms with Gasteiger partial charge in [-0.25, -0.2) is 0 Å². The molecule has 0 heterocycles. The van der Waals surface area contributed by atoms with Gasteiger partial charge < -0.3 is 9.47 Å². The first kappa shape index (κ1) is 15.0. The van der Waals surface area contributed by atoms with Crippen LogP contribution >= 0.6 is 0 Å². The van der Waals surface area contributed by atoms with Gasteiger partial charge in [-0.05, 0) is 30.5 Å². The highest BCUT2D eigenvalue weighted by atomic mass is 16.5. The number of rotatable bonds is 6. The van der Waals surface area contributed by atoms with E-state index < -0.39 is 5.92 Å².